The van der Waals surface area contributed by atoms with Crippen molar-refractivity contribution in [2.24, 2.45) is 0 Å². The Bertz CT molecular complexity index is 540. The molecule has 2 rings (SSSR count). The fraction of sp³-hybridized carbons (Fsp3) is 0.167. The summed E-state index contributed by atoms with van der Waals surface area (Å²) >= 11 is 0. The molecule has 1 aromatic carbocycles. The van der Waals surface area contributed by atoms with E-state index < -0.39 is 0 Å². The highest BCUT2D eigenvalue weighted by atomic mass is 19.1. The number of anilines is 1. The third kappa shape index (κ3) is 2.50. The number of benzene rings is 1. The van der Waals surface area contributed by atoms with Crippen molar-refractivity contribution in [3.8, 4) is 11.6 Å². The number of halogens is 1. The van der Waals surface area contributed by atoms with Gasteiger partial charge in [0.05, 0.1) is 5.56 Å². The van der Waals surface area contributed by atoms with Gasteiger partial charge in [0.1, 0.15) is 23.2 Å². The zero-order chi connectivity index (χ0) is 12.4. The van der Waals surface area contributed by atoms with Crippen LogP contribution < -0.4 is 10.5 Å². The van der Waals surface area contributed by atoms with E-state index >= 15 is 0 Å². The van der Waals surface area contributed by atoms with Crippen molar-refractivity contribution in [2.75, 3.05) is 5.73 Å². The van der Waals surface area contributed by atoms with Crippen molar-refractivity contribution in [1.29, 1.82) is 0 Å². The average Bonchev–Trinajstić information content (AvgIpc) is 2.28. The van der Waals surface area contributed by atoms with E-state index in [-0.39, 0.29) is 5.82 Å². The number of ether oxygens (including phenoxy) is 1. The van der Waals surface area contributed by atoms with Crippen LogP contribution in [0.1, 0.15) is 11.4 Å². The van der Waals surface area contributed by atoms with Gasteiger partial charge in [-0.1, -0.05) is 0 Å². The summed E-state index contributed by atoms with van der Waals surface area (Å²) < 4.78 is 18.3. The zero-order valence-corrected chi connectivity index (χ0v) is 9.57. The second-order valence-corrected chi connectivity index (χ2v) is 3.64. The Labute approximate surface area is 98.3 Å². The maximum Gasteiger partial charge on any atom is 0.227 e. The first-order valence-electron chi connectivity index (χ1n) is 5.10. The lowest BCUT2D eigenvalue weighted by Gasteiger charge is -2.09. The van der Waals surface area contributed by atoms with E-state index in [1.807, 2.05) is 0 Å². The summed E-state index contributed by atoms with van der Waals surface area (Å²) in [7, 11) is 0. The van der Waals surface area contributed by atoms with E-state index in [1.54, 1.807) is 13.8 Å². The molecule has 2 aromatic rings. The second-order valence-electron chi connectivity index (χ2n) is 3.64. The van der Waals surface area contributed by atoms with Crippen LogP contribution in [0, 0.1) is 19.7 Å². The molecular formula is C12H12FN3O. The molecule has 0 atom stereocenters. The predicted molar refractivity (Wildman–Crippen MR) is 62.4 cm³/mol. The molecule has 0 spiro atoms. The summed E-state index contributed by atoms with van der Waals surface area (Å²) in [5.41, 5.74) is 6.37. The lowest BCUT2D eigenvalue weighted by atomic mass is 10.3. The first kappa shape index (κ1) is 11.3. The summed E-state index contributed by atoms with van der Waals surface area (Å²) in [5.74, 6) is 1.50. The molecule has 0 saturated carbocycles. The van der Waals surface area contributed by atoms with Crippen molar-refractivity contribution in [3.63, 3.8) is 0 Å². The summed E-state index contributed by atoms with van der Waals surface area (Å²) in [5, 5.41) is 0. The summed E-state index contributed by atoms with van der Waals surface area (Å²) in [4.78, 5) is 8.16. The van der Waals surface area contributed by atoms with Crippen LogP contribution in [0.15, 0.2) is 24.3 Å². The smallest absolute Gasteiger partial charge is 0.227 e. The van der Waals surface area contributed by atoms with Gasteiger partial charge in [-0.15, -0.1) is 0 Å². The molecule has 1 aromatic heterocycles. The van der Waals surface area contributed by atoms with Gasteiger partial charge in [-0.2, -0.15) is 4.98 Å². The Balaban J connectivity index is 2.32. The van der Waals surface area contributed by atoms with Gasteiger partial charge in [0.2, 0.25) is 5.88 Å². The predicted octanol–water partition coefficient (Wildman–Crippen LogP) is 2.61. The van der Waals surface area contributed by atoms with E-state index in [4.69, 9.17) is 10.5 Å². The summed E-state index contributed by atoms with van der Waals surface area (Å²) in [6.45, 7) is 3.50. The molecule has 0 radical (unpaired) electrons. The van der Waals surface area contributed by atoms with Gasteiger partial charge in [0.25, 0.3) is 0 Å². The number of nitrogens with two attached hydrogens (primary N) is 1. The number of nitrogens with zero attached hydrogens (tertiary/aromatic N) is 2. The molecule has 17 heavy (non-hydrogen) atoms. The van der Waals surface area contributed by atoms with Crippen molar-refractivity contribution in [2.45, 2.75) is 13.8 Å². The Morgan fingerprint density at radius 2 is 1.76 bits per heavy atom. The third-order valence-corrected chi connectivity index (χ3v) is 2.28. The van der Waals surface area contributed by atoms with Crippen LogP contribution in [0.3, 0.4) is 0 Å². The third-order valence-electron chi connectivity index (χ3n) is 2.28. The minimum absolute atomic E-state index is 0.313. The molecule has 4 nitrogen and oxygen atoms in total. The molecule has 88 valence electrons. The summed E-state index contributed by atoms with van der Waals surface area (Å²) in [6, 6.07) is 5.70. The first-order valence-corrected chi connectivity index (χ1v) is 5.10. The van der Waals surface area contributed by atoms with E-state index in [0.717, 1.165) is 0 Å². The molecule has 5 heteroatoms. The topological polar surface area (TPSA) is 61.0 Å². The fourth-order valence-corrected chi connectivity index (χ4v) is 1.34. The van der Waals surface area contributed by atoms with Crippen molar-refractivity contribution < 1.29 is 9.13 Å². The van der Waals surface area contributed by atoms with E-state index in [1.165, 1.54) is 24.3 Å². The van der Waals surface area contributed by atoms with Gasteiger partial charge in [-0.25, -0.2) is 9.37 Å². The second kappa shape index (κ2) is 4.37. The van der Waals surface area contributed by atoms with Crippen molar-refractivity contribution in [3.05, 3.63) is 41.5 Å². The van der Waals surface area contributed by atoms with Crippen LogP contribution in [-0.2, 0) is 0 Å². The molecule has 0 bridgehead atoms. The quantitative estimate of drug-likeness (QED) is 0.866. The van der Waals surface area contributed by atoms with Gasteiger partial charge in [-0.05, 0) is 38.1 Å². The molecule has 0 unspecified atom stereocenters. The maximum atomic E-state index is 12.7. The van der Waals surface area contributed by atoms with Crippen LogP contribution in [-0.4, -0.2) is 9.97 Å². The summed E-state index contributed by atoms with van der Waals surface area (Å²) in [6.07, 6.45) is 0. The maximum absolute atomic E-state index is 12.7. The Kier molecular flexibility index (Phi) is 2.91. The standard InChI is InChI=1S/C12H12FN3O/c1-7-11(14)15-8(2)16-12(7)17-10-5-3-9(13)4-6-10/h3-6H,1-2H3,(H2,14,15,16). The highest BCUT2D eigenvalue weighted by Crippen LogP contribution is 2.25. The number of hydrogen-bond donors (Lipinski definition) is 1. The molecule has 0 aliphatic heterocycles. The van der Waals surface area contributed by atoms with E-state index in [0.29, 0.717) is 28.8 Å². The van der Waals surface area contributed by atoms with E-state index in [9.17, 15) is 4.39 Å². The monoisotopic (exact) mass is 233 g/mol. The highest BCUT2D eigenvalue weighted by Gasteiger charge is 2.08. The van der Waals surface area contributed by atoms with Gasteiger partial charge in [-0.3, -0.25) is 0 Å². The average molecular weight is 233 g/mol. The molecule has 0 fully saturated rings. The number of aryl methyl sites for hydroxylation is 1. The van der Waals surface area contributed by atoms with Gasteiger partial charge < -0.3 is 10.5 Å². The van der Waals surface area contributed by atoms with Crippen LogP contribution in [0.5, 0.6) is 11.6 Å². The van der Waals surface area contributed by atoms with Crippen LogP contribution in [0.25, 0.3) is 0 Å². The molecule has 0 saturated heterocycles. The first-order chi connectivity index (χ1) is 8.06. The van der Waals surface area contributed by atoms with E-state index in [2.05, 4.69) is 9.97 Å². The van der Waals surface area contributed by atoms with Crippen LogP contribution in [0.4, 0.5) is 10.2 Å². The molecular weight excluding hydrogens is 221 g/mol. The lowest BCUT2D eigenvalue weighted by Crippen LogP contribution is -2.02. The molecule has 1 heterocycles. The largest absolute Gasteiger partial charge is 0.439 e. The normalized spacial score (nSPS) is 10.3. The molecule has 0 aliphatic rings. The Morgan fingerprint density at radius 1 is 1.12 bits per heavy atom. The van der Waals surface area contributed by atoms with Crippen LogP contribution in [0.2, 0.25) is 0 Å². The Hall–Kier alpha value is -2.17. The van der Waals surface area contributed by atoms with Crippen molar-refractivity contribution >= 4 is 5.82 Å². The SMILES string of the molecule is Cc1nc(N)c(C)c(Oc2ccc(F)cc2)n1. The van der Waals surface area contributed by atoms with Gasteiger partial charge in [0.15, 0.2) is 0 Å². The molecule has 0 amide bonds. The van der Waals surface area contributed by atoms with Gasteiger partial charge >= 0.3 is 0 Å². The highest BCUT2D eigenvalue weighted by molar-refractivity contribution is 5.45. The fourth-order valence-electron chi connectivity index (χ4n) is 1.34. The molecule has 2 N–H and O–H groups in total. The number of nitrogen functional groups attached to an aromatic ring is 1. The number of hydrogen-bond acceptors (Lipinski definition) is 4. The molecule has 0 aliphatic carbocycles. The zero-order valence-electron chi connectivity index (χ0n) is 9.57. The van der Waals surface area contributed by atoms with Gasteiger partial charge in [0, 0.05) is 0 Å². The van der Waals surface area contributed by atoms with Crippen LogP contribution >= 0.6 is 0 Å². The lowest BCUT2D eigenvalue weighted by molar-refractivity contribution is 0.454. The Morgan fingerprint density at radius 3 is 2.41 bits per heavy atom. The number of aromatic nitrogens is 2. The number of rotatable bonds is 2. The van der Waals surface area contributed by atoms with Crippen molar-refractivity contribution in [1.82, 2.24) is 9.97 Å². The minimum Gasteiger partial charge on any atom is -0.439 e. The minimum atomic E-state index is -0.313.